The minimum Gasteiger partial charge on any atom is -0.379 e. The van der Waals surface area contributed by atoms with E-state index in [0.717, 1.165) is 11.1 Å². The number of pyridine rings is 1. The van der Waals surface area contributed by atoms with Crippen LogP contribution in [0, 0.1) is 6.92 Å². The number of nitrogens with zero attached hydrogens (tertiary/aromatic N) is 2. The second kappa shape index (κ2) is 6.88. The maximum Gasteiger partial charge on any atom is 0.250 e. The highest BCUT2D eigenvalue weighted by Crippen LogP contribution is 2.16. The third-order valence-electron chi connectivity index (χ3n) is 4.17. The summed E-state index contributed by atoms with van der Waals surface area (Å²) in [6.07, 6.45) is 1.43. The van der Waals surface area contributed by atoms with Gasteiger partial charge in [-0.25, -0.2) is 8.42 Å². The molecule has 0 N–H and O–H groups in total. The molecule has 128 valence electrons. The molecule has 1 aromatic heterocycles. The summed E-state index contributed by atoms with van der Waals surface area (Å²) in [4.78, 5) is 12.3. The summed E-state index contributed by atoms with van der Waals surface area (Å²) in [5.41, 5.74) is 1.82. The molecule has 0 radical (unpaired) electrons. The van der Waals surface area contributed by atoms with Crippen molar-refractivity contribution in [1.29, 1.82) is 0 Å². The predicted octanol–water partition coefficient (Wildman–Crippen LogP) is 1.23. The minimum absolute atomic E-state index is 0.137. The van der Waals surface area contributed by atoms with Gasteiger partial charge in [-0.1, -0.05) is 24.3 Å². The number of hydrogen-bond acceptors (Lipinski definition) is 4. The number of hydrogen-bond donors (Lipinski definition) is 0. The van der Waals surface area contributed by atoms with Crippen LogP contribution in [0.4, 0.5) is 0 Å². The molecule has 7 heteroatoms. The summed E-state index contributed by atoms with van der Waals surface area (Å²) >= 11 is 0. The Morgan fingerprint density at radius 3 is 2.50 bits per heavy atom. The summed E-state index contributed by atoms with van der Waals surface area (Å²) < 4.78 is 33.5. The molecule has 2 aromatic rings. The fraction of sp³-hybridized carbons (Fsp3) is 0.353. The zero-order chi connectivity index (χ0) is 17.2. The van der Waals surface area contributed by atoms with Crippen LogP contribution in [0.1, 0.15) is 11.1 Å². The van der Waals surface area contributed by atoms with E-state index in [1.165, 1.54) is 27.2 Å². The molecule has 0 unspecified atom stereocenters. The Labute approximate surface area is 141 Å². The number of aryl methyl sites for hydroxylation is 1. The lowest BCUT2D eigenvalue weighted by molar-refractivity contribution is 0.0730. The van der Waals surface area contributed by atoms with Gasteiger partial charge >= 0.3 is 0 Å². The van der Waals surface area contributed by atoms with Crippen molar-refractivity contribution in [3.05, 3.63) is 64.1 Å². The molecule has 1 aromatic carbocycles. The van der Waals surface area contributed by atoms with Gasteiger partial charge in [0.05, 0.1) is 24.7 Å². The van der Waals surface area contributed by atoms with E-state index in [-0.39, 0.29) is 10.5 Å². The third-order valence-corrected chi connectivity index (χ3v) is 6.05. The highest BCUT2D eigenvalue weighted by atomic mass is 32.2. The van der Waals surface area contributed by atoms with Crippen molar-refractivity contribution in [2.24, 2.45) is 0 Å². The maximum absolute atomic E-state index is 12.7. The number of morpholine rings is 1. The van der Waals surface area contributed by atoms with Crippen molar-refractivity contribution in [3.8, 4) is 0 Å². The Balaban J connectivity index is 1.94. The summed E-state index contributed by atoms with van der Waals surface area (Å²) in [6.45, 7) is 3.76. The monoisotopic (exact) mass is 348 g/mol. The SMILES string of the molecule is Cc1ccccc1Cn1cc(S(=O)(=O)N2CCOCC2)ccc1=O. The van der Waals surface area contributed by atoms with Crippen molar-refractivity contribution in [3.63, 3.8) is 0 Å². The summed E-state index contributed by atoms with van der Waals surface area (Å²) in [5, 5.41) is 0. The van der Waals surface area contributed by atoms with Crippen LogP contribution in [0.3, 0.4) is 0 Å². The van der Waals surface area contributed by atoms with Crippen LogP contribution in [0.2, 0.25) is 0 Å². The van der Waals surface area contributed by atoms with Crippen LogP contribution in [-0.4, -0.2) is 43.6 Å². The third kappa shape index (κ3) is 3.43. The first-order valence-corrected chi connectivity index (χ1v) is 9.25. The zero-order valence-electron chi connectivity index (χ0n) is 13.5. The Bertz CT molecular complexity index is 883. The normalized spacial score (nSPS) is 16.2. The molecule has 0 aliphatic carbocycles. The number of ether oxygens (including phenoxy) is 1. The maximum atomic E-state index is 12.7. The molecule has 6 nitrogen and oxygen atoms in total. The molecule has 3 rings (SSSR count). The van der Waals surface area contributed by atoms with E-state index < -0.39 is 10.0 Å². The van der Waals surface area contributed by atoms with Gasteiger partial charge < -0.3 is 9.30 Å². The zero-order valence-corrected chi connectivity index (χ0v) is 14.3. The van der Waals surface area contributed by atoms with Gasteiger partial charge in [-0.2, -0.15) is 4.31 Å². The van der Waals surface area contributed by atoms with Crippen molar-refractivity contribution in [2.75, 3.05) is 26.3 Å². The Hall–Kier alpha value is -1.96. The fourth-order valence-electron chi connectivity index (χ4n) is 2.69. The van der Waals surface area contributed by atoms with E-state index >= 15 is 0 Å². The quantitative estimate of drug-likeness (QED) is 0.833. The van der Waals surface area contributed by atoms with E-state index in [2.05, 4.69) is 0 Å². The summed E-state index contributed by atoms with van der Waals surface area (Å²) in [6, 6.07) is 10.4. The van der Waals surface area contributed by atoms with Gasteiger partial charge in [-0.05, 0) is 24.1 Å². The van der Waals surface area contributed by atoms with Crippen LogP contribution in [0.5, 0.6) is 0 Å². The first kappa shape index (κ1) is 16.9. The van der Waals surface area contributed by atoms with Gasteiger partial charge in [-0.3, -0.25) is 4.79 Å². The topological polar surface area (TPSA) is 68.6 Å². The first-order chi connectivity index (χ1) is 11.5. The van der Waals surface area contributed by atoms with Crippen LogP contribution in [-0.2, 0) is 21.3 Å². The fourth-order valence-corrected chi connectivity index (χ4v) is 4.12. The molecule has 1 aliphatic heterocycles. The van der Waals surface area contributed by atoms with Gasteiger partial charge in [0.1, 0.15) is 0 Å². The van der Waals surface area contributed by atoms with Gasteiger partial charge in [0.2, 0.25) is 10.0 Å². The highest BCUT2D eigenvalue weighted by Gasteiger charge is 2.26. The second-order valence-corrected chi connectivity index (χ2v) is 7.71. The standard InChI is InChI=1S/C17H20N2O4S/c1-14-4-2-3-5-15(14)12-18-13-16(6-7-17(18)20)24(21,22)19-8-10-23-11-9-19/h2-7,13H,8-12H2,1H3. The number of sulfonamides is 1. The summed E-state index contributed by atoms with van der Waals surface area (Å²) in [7, 11) is -3.61. The first-order valence-electron chi connectivity index (χ1n) is 7.81. The van der Waals surface area contributed by atoms with E-state index in [4.69, 9.17) is 4.74 Å². The minimum atomic E-state index is -3.61. The predicted molar refractivity (Wildman–Crippen MR) is 90.6 cm³/mol. The van der Waals surface area contributed by atoms with Gasteiger partial charge in [0.25, 0.3) is 5.56 Å². The molecule has 0 saturated carbocycles. The molecule has 2 heterocycles. The molecule has 1 aliphatic rings. The molecular formula is C17H20N2O4S. The molecule has 24 heavy (non-hydrogen) atoms. The Morgan fingerprint density at radius 1 is 1.08 bits per heavy atom. The Kier molecular flexibility index (Phi) is 4.84. The molecule has 0 spiro atoms. The van der Waals surface area contributed by atoms with Gasteiger partial charge in [0.15, 0.2) is 0 Å². The van der Waals surface area contributed by atoms with Crippen molar-refractivity contribution < 1.29 is 13.2 Å². The van der Waals surface area contributed by atoms with Crippen molar-refractivity contribution in [1.82, 2.24) is 8.87 Å². The van der Waals surface area contributed by atoms with E-state index in [1.54, 1.807) is 0 Å². The van der Waals surface area contributed by atoms with E-state index in [1.807, 2.05) is 31.2 Å². The van der Waals surface area contributed by atoms with Crippen LogP contribution in [0.25, 0.3) is 0 Å². The highest BCUT2D eigenvalue weighted by molar-refractivity contribution is 7.89. The summed E-state index contributed by atoms with van der Waals surface area (Å²) in [5.74, 6) is 0. The van der Waals surface area contributed by atoms with Gasteiger partial charge in [0, 0.05) is 25.4 Å². The second-order valence-electron chi connectivity index (χ2n) is 5.77. The molecule has 1 saturated heterocycles. The molecule has 0 atom stereocenters. The largest absolute Gasteiger partial charge is 0.379 e. The molecular weight excluding hydrogens is 328 g/mol. The Morgan fingerprint density at radius 2 is 1.79 bits per heavy atom. The van der Waals surface area contributed by atoms with Crippen molar-refractivity contribution in [2.45, 2.75) is 18.4 Å². The molecule has 1 fully saturated rings. The van der Waals surface area contributed by atoms with Gasteiger partial charge in [-0.15, -0.1) is 0 Å². The smallest absolute Gasteiger partial charge is 0.250 e. The molecule has 0 amide bonds. The lowest BCUT2D eigenvalue weighted by Crippen LogP contribution is -2.41. The molecule has 0 bridgehead atoms. The van der Waals surface area contributed by atoms with Crippen LogP contribution < -0.4 is 5.56 Å². The van der Waals surface area contributed by atoms with E-state index in [0.29, 0.717) is 32.8 Å². The number of rotatable bonds is 4. The number of aromatic nitrogens is 1. The van der Waals surface area contributed by atoms with Crippen LogP contribution >= 0.6 is 0 Å². The average molecular weight is 348 g/mol. The van der Waals surface area contributed by atoms with E-state index in [9.17, 15) is 13.2 Å². The lowest BCUT2D eigenvalue weighted by Gasteiger charge is -2.26. The van der Waals surface area contributed by atoms with Crippen LogP contribution in [0.15, 0.2) is 52.3 Å². The lowest BCUT2D eigenvalue weighted by atomic mass is 10.1. The van der Waals surface area contributed by atoms with Crippen molar-refractivity contribution >= 4 is 10.0 Å². The number of benzene rings is 1. The average Bonchev–Trinajstić information content (AvgIpc) is 2.59.